The predicted octanol–water partition coefficient (Wildman–Crippen LogP) is 2.64. The van der Waals surface area contributed by atoms with E-state index in [1.54, 1.807) is 10.8 Å². The van der Waals surface area contributed by atoms with Crippen molar-refractivity contribution in [3.63, 3.8) is 0 Å². The molecule has 2 rings (SSSR count). The molecule has 0 amide bonds. The minimum Gasteiger partial charge on any atom is -0.350 e. The first-order chi connectivity index (χ1) is 9.29. The van der Waals surface area contributed by atoms with Crippen molar-refractivity contribution in [1.82, 2.24) is 20.2 Å². The number of anilines is 1. The molecular formula is C13H14ClN5. The molecule has 0 spiro atoms. The molecule has 1 heterocycles. The number of hydrogen-bond acceptors (Lipinski definition) is 4. The highest BCUT2D eigenvalue weighted by molar-refractivity contribution is 6.30. The van der Waals surface area contributed by atoms with E-state index in [1.165, 1.54) is 0 Å². The van der Waals surface area contributed by atoms with Crippen LogP contribution in [0.4, 0.5) is 5.95 Å². The van der Waals surface area contributed by atoms with Crippen LogP contribution in [0.5, 0.6) is 0 Å². The molecule has 19 heavy (non-hydrogen) atoms. The van der Waals surface area contributed by atoms with Crippen LogP contribution in [0.2, 0.25) is 5.02 Å². The molecule has 1 N–H and O–H groups in total. The molecule has 0 aliphatic carbocycles. The Kier molecular flexibility index (Phi) is 4.69. The first-order valence-electron chi connectivity index (χ1n) is 5.82. The second-order valence-electron chi connectivity index (χ2n) is 3.81. The van der Waals surface area contributed by atoms with E-state index in [9.17, 15) is 0 Å². The first-order valence-corrected chi connectivity index (χ1v) is 6.20. The average Bonchev–Trinajstić information content (AvgIpc) is 2.85. The Morgan fingerprint density at radius 1 is 1.32 bits per heavy atom. The Morgan fingerprint density at radius 2 is 2.11 bits per heavy atom. The van der Waals surface area contributed by atoms with Crippen LogP contribution in [-0.4, -0.2) is 26.8 Å². The Bertz CT molecular complexity index is 559. The average molecular weight is 276 g/mol. The van der Waals surface area contributed by atoms with Gasteiger partial charge in [-0.1, -0.05) is 47.1 Å². The number of hydrogen-bond donors (Lipinski definition) is 1. The Balaban J connectivity index is 1.87. The first kappa shape index (κ1) is 13.3. The molecular weight excluding hydrogens is 262 g/mol. The van der Waals surface area contributed by atoms with E-state index in [4.69, 9.17) is 11.6 Å². The van der Waals surface area contributed by atoms with Crippen molar-refractivity contribution >= 4 is 23.6 Å². The summed E-state index contributed by atoms with van der Waals surface area (Å²) < 4.78 is 1.64. The zero-order valence-electron chi connectivity index (χ0n) is 10.3. The maximum atomic E-state index is 5.82. The van der Waals surface area contributed by atoms with Crippen LogP contribution in [0, 0.1) is 0 Å². The number of rotatable bonds is 6. The number of halogens is 1. The molecule has 0 atom stereocenters. The molecule has 5 nitrogen and oxygen atoms in total. The molecule has 98 valence electrons. The van der Waals surface area contributed by atoms with Crippen LogP contribution in [0.3, 0.4) is 0 Å². The summed E-state index contributed by atoms with van der Waals surface area (Å²) in [5.41, 5.74) is 1.09. The number of nitrogens with one attached hydrogen (secondary N) is 1. The van der Waals surface area contributed by atoms with E-state index in [2.05, 4.69) is 27.4 Å². The van der Waals surface area contributed by atoms with E-state index < -0.39 is 0 Å². The summed E-state index contributed by atoms with van der Waals surface area (Å²) in [5, 5.41) is 15.2. The van der Waals surface area contributed by atoms with Crippen molar-refractivity contribution in [2.75, 3.05) is 11.9 Å². The van der Waals surface area contributed by atoms with Crippen LogP contribution in [0.15, 0.2) is 43.0 Å². The number of allylic oxidation sites excluding steroid dienone is 1. The van der Waals surface area contributed by atoms with Gasteiger partial charge in [-0.05, 0) is 28.1 Å². The number of aromatic nitrogens is 4. The lowest BCUT2D eigenvalue weighted by molar-refractivity contribution is 0.665. The molecule has 0 unspecified atom stereocenters. The summed E-state index contributed by atoms with van der Waals surface area (Å²) in [5.74, 6) is 0.626. The Labute approximate surface area is 116 Å². The Hall–Kier alpha value is -2.14. The van der Waals surface area contributed by atoms with Gasteiger partial charge in [0.1, 0.15) is 0 Å². The number of benzene rings is 1. The lowest BCUT2D eigenvalue weighted by Gasteiger charge is -2.01. The molecule has 0 saturated carbocycles. The topological polar surface area (TPSA) is 55.6 Å². The quantitative estimate of drug-likeness (QED) is 0.824. The van der Waals surface area contributed by atoms with E-state index >= 15 is 0 Å². The summed E-state index contributed by atoms with van der Waals surface area (Å²) in [6.07, 6.45) is 5.74. The molecule has 0 aliphatic rings. The van der Waals surface area contributed by atoms with E-state index in [-0.39, 0.29) is 0 Å². The van der Waals surface area contributed by atoms with Crippen molar-refractivity contribution < 1.29 is 0 Å². The fourth-order valence-electron chi connectivity index (χ4n) is 1.50. The van der Waals surface area contributed by atoms with Gasteiger partial charge in [0.25, 0.3) is 0 Å². The molecule has 0 saturated heterocycles. The van der Waals surface area contributed by atoms with Crippen LogP contribution < -0.4 is 5.32 Å². The highest BCUT2D eigenvalue weighted by Gasteiger charge is 2.01. The smallest absolute Gasteiger partial charge is 0.243 e. The summed E-state index contributed by atoms with van der Waals surface area (Å²) in [4.78, 5) is 0. The number of nitrogens with zero attached hydrogens (tertiary/aromatic N) is 4. The second kappa shape index (κ2) is 6.70. The van der Waals surface area contributed by atoms with Gasteiger partial charge in [0, 0.05) is 11.6 Å². The van der Waals surface area contributed by atoms with Gasteiger partial charge in [-0.2, -0.15) is 0 Å². The van der Waals surface area contributed by atoms with Crippen LogP contribution in [0.25, 0.3) is 6.08 Å². The molecule has 2 aromatic rings. The molecule has 0 fully saturated rings. The maximum Gasteiger partial charge on any atom is 0.243 e. The van der Waals surface area contributed by atoms with Gasteiger partial charge in [-0.3, -0.25) is 0 Å². The largest absolute Gasteiger partial charge is 0.350 e. The minimum absolute atomic E-state index is 0.580. The summed E-state index contributed by atoms with van der Waals surface area (Å²) in [6.45, 7) is 4.87. The zero-order chi connectivity index (χ0) is 13.5. The molecule has 0 bridgehead atoms. The third-order valence-electron chi connectivity index (χ3n) is 2.39. The summed E-state index contributed by atoms with van der Waals surface area (Å²) in [6, 6.07) is 7.64. The molecule has 0 radical (unpaired) electrons. The highest BCUT2D eigenvalue weighted by Crippen LogP contribution is 2.10. The molecule has 1 aromatic carbocycles. The van der Waals surface area contributed by atoms with Crippen molar-refractivity contribution in [2.45, 2.75) is 6.54 Å². The third-order valence-corrected chi connectivity index (χ3v) is 2.64. The van der Waals surface area contributed by atoms with Crippen LogP contribution in [0.1, 0.15) is 5.56 Å². The van der Waals surface area contributed by atoms with E-state index in [0.717, 1.165) is 10.6 Å². The van der Waals surface area contributed by atoms with Gasteiger partial charge in [-0.15, -0.1) is 6.58 Å². The van der Waals surface area contributed by atoms with Crippen molar-refractivity contribution in [2.24, 2.45) is 0 Å². The molecule has 1 aromatic heterocycles. The van der Waals surface area contributed by atoms with Gasteiger partial charge >= 0.3 is 0 Å². The Morgan fingerprint density at radius 3 is 2.84 bits per heavy atom. The van der Waals surface area contributed by atoms with Gasteiger partial charge in [0.15, 0.2) is 0 Å². The molecule has 0 aliphatic heterocycles. The second-order valence-corrected chi connectivity index (χ2v) is 4.24. The standard InChI is InChI=1S/C13H14ClN5/c1-2-10-19-13(16-17-18-19)15-9-3-4-11-5-7-12(14)8-6-11/h2-8H,1,9-10H2,(H,15,16,18)/b4-3-. The third kappa shape index (κ3) is 3.93. The fraction of sp³-hybridized carbons (Fsp3) is 0.154. The van der Waals surface area contributed by atoms with E-state index in [1.807, 2.05) is 36.4 Å². The normalized spacial score (nSPS) is 10.8. The lowest BCUT2D eigenvalue weighted by Crippen LogP contribution is -2.07. The van der Waals surface area contributed by atoms with E-state index in [0.29, 0.717) is 19.0 Å². The monoisotopic (exact) mass is 275 g/mol. The summed E-state index contributed by atoms with van der Waals surface area (Å²) >= 11 is 5.82. The number of tetrazole rings is 1. The SMILES string of the molecule is C=CCn1nnnc1NC/C=C\c1ccc(Cl)cc1. The van der Waals surface area contributed by atoms with Crippen LogP contribution in [-0.2, 0) is 6.54 Å². The van der Waals surface area contributed by atoms with Gasteiger partial charge in [0.05, 0.1) is 6.54 Å². The summed E-state index contributed by atoms with van der Waals surface area (Å²) in [7, 11) is 0. The van der Waals surface area contributed by atoms with Crippen molar-refractivity contribution in [1.29, 1.82) is 0 Å². The fourth-order valence-corrected chi connectivity index (χ4v) is 1.62. The maximum absolute atomic E-state index is 5.82. The van der Waals surface area contributed by atoms with Gasteiger partial charge in [0.2, 0.25) is 5.95 Å². The zero-order valence-corrected chi connectivity index (χ0v) is 11.1. The van der Waals surface area contributed by atoms with Crippen molar-refractivity contribution in [3.8, 4) is 0 Å². The predicted molar refractivity (Wildman–Crippen MR) is 77.0 cm³/mol. The van der Waals surface area contributed by atoms with Gasteiger partial charge in [-0.25, -0.2) is 4.68 Å². The minimum atomic E-state index is 0.580. The van der Waals surface area contributed by atoms with Crippen LogP contribution >= 0.6 is 11.6 Å². The van der Waals surface area contributed by atoms with Crippen molar-refractivity contribution in [3.05, 3.63) is 53.6 Å². The highest BCUT2D eigenvalue weighted by atomic mass is 35.5. The van der Waals surface area contributed by atoms with Gasteiger partial charge < -0.3 is 5.32 Å². The molecule has 6 heteroatoms. The lowest BCUT2D eigenvalue weighted by atomic mass is 10.2.